The lowest BCUT2D eigenvalue weighted by atomic mass is 9.91. The molecule has 0 atom stereocenters. The van der Waals surface area contributed by atoms with Crippen molar-refractivity contribution in [1.82, 2.24) is 9.97 Å². The van der Waals surface area contributed by atoms with Crippen molar-refractivity contribution in [2.45, 2.75) is 40.0 Å². The van der Waals surface area contributed by atoms with E-state index in [4.69, 9.17) is 4.74 Å². The van der Waals surface area contributed by atoms with Crippen LogP contribution in [-0.4, -0.2) is 22.5 Å². The predicted octanol–water partition coefficient (Wildman–Crippen LogP) is 2.26. The maximum atomic E-state index is 11.6. The maximum Gasteiger partial charge on any atom is 0.357 e. The number of rotatable bonds is 2. The summed E-state index contributed by atoms with van der Waals surface area (Å²) in [5, 5.41) is 0. The lowest BCUT2D eigenvalue weighted by Gasteiger charge is -2.18. The van der Waals surface area contributed by atoms with Crippen molar-refractivity contribution in [3.63, 3.8) is 0 Å². The average molecular weight is 222 g/mol. The van der Waals surface area contributed by atoms with Crippen molar-refractivity contribution in [3.05, 3.63) is 23.3 Å². The first-order chi connectivity index (χ1) is 7.34. The molecular weight excluding hydrogens is 204 g/mol. The molecule has 1 aromatic rings. The first-order valence-corrected chi connectivity index (χ1v) is 5.38. The molecule has 16 heavy (non-hydrogen) atoms. The molecule has 0 radical (unpaired) electrons. The van der Waals surface area contributed by atoms with E-state index in [1.54, 1.807) is 19.9 Å². The molecule has 88 valence electrons. The third-order valence-corrected chi connectivity index (χ3v) is 2.09. The highest BCUT2D eigenvalue weighted by atomic mass is 16.5. The average Bonchev–Trinajstić information content (AvgIpc) is 2.16. The summed E-state index contributed by atoms with van der Waals surface area (Å²) in [7, 11) is 0. The molecule has 0 aromatic carbocycles. The number of carbonyl (C=O) groups is 1. The molecule has 0 saturated heterocycles. The van der Waals surface area contributed by atoms with Gasteiger partial charge in [-0.15, -0.1) is 0 Å². The number of aromatic nitrogens is 2. The molecule has 0 spiro atoms. The van der Waals surface area contributed by atoms with E-state index < -0.39 is 5.97 Å². The lowest BCUT2D eigenvalue weighted by molar-refractivity contribution is 0.0518. The summed E-state index contributed by atoms with van der Waals surface area (Å²) in [5.41, 5.74) is 1.08. The summed E-state index contributed by atoms with van der Waals surface area (Å²) in [5.74, 6) is 0.203. The first kappa shape index (κ1) is 12.6. The molecule has 0 aliphatic heterocycles. The van der Waals surface area contributed by atoms with Crippen LogP contribution in [0.1, 0.15) is 49.7 Å². The van der Waals surface area contributed by atoms with Crippen LogP contribution in [-0.2, 0) is 10.2 Å². The van der Waals surface area contributed by atoms with Crippen LogP contribution in [0.4, 0.5) is 0 Å². The Bertz CT molecular complexity index is 394. The Balaban J connectivity index is 3.13. The van der Waals surface area contributed by atoms with E-state index in [9.17, 15) is 4.79 Å². The highest BCUT2D eigenvalue weighted by Gasteiger charge is 2.19. The van der Waals surface area contributed by atoms with Gasteiger partial charge in [-0.3, -0.25) is 0 Å². The monoisotopic (exact) mass is 222 g/mol. The molecule has 1 rings (SSSR count). The van der Waals surface area contributed by atoms with Crippen molar-refractivity contribution >= 4 is 5.97 Å². The quantitative estimate of drug-likeness (QED) is 0.720. The van der Waals surface area contributed by atoms with Crippen LogP contribution in [0.5, 0.6) is 0 Å². The number of carbonyl (C=O) groups excluding carboxylic acids is 1. The van der Waals surface area contributed by atoms with E-state index in [0.717, 1.165) is 5.69 Å². The van der Waals surface area contributed by atoms with Gasteiger partial charge in [0.15, 0.2) is 5.69 Å². The minimum atomic E-state index is -0.390. The lowest BCUT2D eigenvalue weighted by Crippen LogP contribution is -2.18. The molecule has 0 amide bonds. The van der Waals surface area contributed by atoms with E-state index in [1.807, 2.05) is 20.8 Å². The smallest absolute Gasteiger partial charge is 0.357 e. The fourth-order valence-electron chi connectivity index (χ4n) is 1.26. The fraction of sp³-hybridized carbons (Fsp3) is 0.583. The number of hydrogen-bond donors (Lipinski definition) is 0. The molecule has 0 bridgehead atoms. The van der Waals surface area contributed by atoms with Crippen LogP contribution in [0.2, 0.25) is 0 Å². The molecule has 4 heteroatoms. The Hall–Kier alpha value is -1.45. The number of hydrogen-bond acceptors (Lipinski definition) is 4. The van der Waals surface area contributed by atoms with Crippen LogP contribution in [0.15, 0.2) is 6.07 Å². The molecule has 1 aromatic heterocycles. The summed E-state index contributed by atoms with van der Waals surface area (Å²) >= 11 is 0. The summed E-state index contributed by atoms with van der Waals surface area (Å²) < 4.78 is 4.92. The van der Waals surface area contributed by atoms with Crippen molar-refractivity contribution in [2.75, 3.05) is 6.61 Å². The van der Waals surface area contributed by atoms with Crippen LogP contribution in [0, 0.1) is 6.92 Å². The van der Waals surface area contributed by atoms with Gasteiger partial charge < -0.3 is 4.74 Å². The second-order valence-electron chi connectivity index (χ2n) is 4.66. The first-order valence-electron chi connectivity index (χ1n) is 5.38. The Morgan fingerprint density at radius 2 is 2.00 bits per heavy atom. The maximum absolute atomic E-state index is 11.6. The standard InChI is InChI=1S/C12H18N2O2/c1-6-16-11(15)9-7-10(12(3,4)5)14-8(2)13-9/h7H,6H2,1-5H3. The van der Waals surface area contributed by atoms with Gasteiger partial charge in [0.05, 0.1) is 12.3 Å². The SMILES string of the molecule is CCOC(=O)c1cc(C(C)(C)C)nc(C)n1. The molecule has 0 fully saturated rings. The zero-order valence-corrected chi connectivity index (χ0v) is 10.5. The van der Waals surface area contributed by atoms with E-state index in [2.05, 4.69) is 9.97 Å². The molecule has 0 aliphatic rings. The van der Waals surface area contributed by atoms with E-state index in [0.29, 0.717) is 18.1 Å². The number of aryl methyl sites for hydroxylation is 1. The normalized spacial score (nSPS) is 11.3. The van der Waals surface area contributed by atoms with E-state index >= 15 is 0 Å². The van der Waals surface area contributed by atoms with Crippen molar-refractivity contribution < 1.29 is 9.53 Å². The largest absolute Gasteiger partial charge is 0.461 e. The number of nitrogens with zero attached hydrogens (tertiary/aromatic N) is 2. The zero-order chi connectivity index (χ0) is 12.3. The topological polar surface area (TPSA) is 52.1 Å². The second-order valence-corrected chi connectivity index (χ2v) is 4.66. The van der Waals surface area contributed by atoms with Gasteiger partial charge in [-0.05, 0) is 19.9 Å². The van der Waals surface area contributed by atoms with Gasteiger partial charge in [0.25, 0.3) is 0 Å². The van der Waals surface area contributed by atoms with Crippen LogP contribution in [0.3, 0.4) is 0 Å². The Kier molecular flexibility index (Phi) is 3.62. The summed E-state index contributed by atoms with van der Waals surface area (Å²) in [6.45, 7) is 10.0. The third-order valence-electron chi connectivity index (χ3n) is 2.09. The fourth-order valence-corrected chi connectivity index (χ4v) is 1.26. The van der Waals surface area contributed by atoms with Gasteiger partial charge in [-0.2, -0.15) is 0 Å². The van der Waals surface area contributed by atoms with Gasteiger partial charge in [-0.25, -0.2) is 14.8 Å². The third kappa shape index (κ3) is 3.02. The van der Waals surface area contributed by atoms with Crippen molar-refractivity contribution in [2.24, 2.45) is 0 Å². The number of ether oxygens (including phenoxy) is 1. The minimum Gasteiger partial charge on any atom is -0.461 e. The van der Waals surface area contributed by atoms with E-state index in [-0.39, 0.29) is 5.41 Å². The van der Waals surface area contributed by atoms with Crippen molar-refractivity contribution in [1.29, 1.82) is 0 Å². The van der Waals surface area contributed by atoms with Gasteiger partial charge in [-0.1, -0.05) is 20.8 Å². The molecule has 0 aliphatic carbocycles. The molecular formula is C12H18N2O2. The Labute approximate surface area is 96.1 Å². The van der Waals surface area contributed by atoms with Crippen molar-refractivity contribution in [3.8, 4) is 0 Å². The van der Waals surface area contributed by atoms with Gasteiger partial charge in [0.2, 0.25) is 0 Å². The Morgan fingerprint density at radius 1 is 1.38 bits per heavy atom. The molecule has 0 unspecified atom stereocenters. The highest BCUT2D eigenvalue weighted by Crippen LogP contribution is 2.20. The molecule has 0 N–H and O–H groups in total. The van der Waals surface area contributed by atoms with E-state index in [1.165, 1.54) is 0 Å². The summed E-state index contributed by atoms with van der Waals surface area (Å²) in [6, 6.07) is 1.70. The summed E-state index contributed by atoms with van der Waals surface area (Å²) in [6.07, 6.45) is 0. The molecule has 4 nitrogen and oxygen atoms in total. The predicted molar refractivity (Wildman–Crippen MR) is 61.4 cm³/mol. The molecule has 1 heterocycles. The summed E-state index contributed by atoms with van der Waals surface area (Å²) in [4.78, 5) is 20.0. The minimum absolute atomic E-state index is 0.102. The van der Waals surface area contributed by atoms with Crippen LogP contribution in [0.25, 0.3) is 0 Å². The highest BCUT2D eigenvalue weighted by molar-refractivity contribution is 5.87. The molecule has 0 saturated carbocycles. The zero-order valence-electron chi connectivity index (χ0n) is 10.5. The van der Waals surface area contributed by atoms with Gasteiger partial charge in [0.1, 0.15) is 5.82 Å². The van der Waals surface area contributed by atoms with Gasteiger partial charge >= 0.3 is 5.97 Å². The van der Waals surface area contributed by atoms with Crippen LogP contribution >= 0.6 is 0 Å². The van der Waals surface area contributed by atoms with Crippen LogP contribution < -0.4 is 0 Å². The Morgan fingerprint density at radius 3 is 2.50 bits per heavy atom. The number of esters is 1. The second kappa shape index (κ2) is 4.60. The van der Waals surface area contributed by atoms with Gasteiger partial charge in [0, 0.05) is 5.41 Å².